The van der Waals surface area contributed by atoms with E-state index in [1.807, 2.05) is 12.1 Å². The number of nitrogens with zero attached hydrogens (tertiary/aromatic N) is 4. The predicted octanol–water partition coefficient (Wildman–Crippen LogP) is 2.97. The molecule has 0 aliphatic heterocycles. The summed E-state index contributed by atoms with van der Waals surface area (Å²) in [5.74, 6) is 0.526. The van der Waals surface area contributed by atoms with Crippen molar-refractivity contribution in [2.45, 2.75) is 18.5 Å². The third-order valence-electron chi connectivity index (χ3n) is 3.15. The van der Waals surface area contributed by atoms with Gasteiger partial charge in [-0.05, 0) is 53.2 Å². The Morgan fingerprint density at radius 2 is 2.04 bits per heavy atom. The van der Waals surface area contributed by atoms with Crippen molar-refractivity contribution in [2.24, 2.45) is 0 Å². The first-order chi connectivity index (χ1) is 11.2. The smallest absolute Gasteiger partial charge is 0.214 e. The number of rotatable bonds is 6. The highest BCUT2D eigenvalue weighted by Crippen LogP contribution is 2.23. The lowest BCUT2D eigenvalue weighted by atomic mass is 10.3. The van der Waals surface area contributed by atoms with Crippen molar-refractivity contribution in [1.29, 1.82) is 0 Å². The maximum atomic E-state index is 12.2. The average molecular weight is 346 g/mol. The summed E-state index contributed by atoms with van der Waals surface area (Å²) in [5, 5.41) is 21.4. The molecule has 0 aliphatic carbocycles. The molecule has 2 heterocycles. The lowest BCUT2D eigenvalue weighted by molar-refractivity contribution is 0.102. The number of aryl methyl sites for hydroxylation is 1. The maximum absolute atomic E-state index is 12.2. The van der Waals surface area contributed by atoms with Gasteiger partial charge in [0.25, 0.3) is 0 Å². The highest BCUT2D eigenvalue weighted by molar-refractivity contribution is 7.99. The maximum Gasteiger partial charge on any atom is 0.214 e. The third kappa shape index (κ3) is 3.59. The first-order valence-electron chi connectivity index (χ1n) is 7.00. The van der Waals surface area contributed by atoms with Gasteiger partial charge in [0.2, 0.25) is 5.16 Å². The van der Waals surface area contributed by atoms with Crippen LogP contribution in [-0.4, -0.2) is 36.8 Å². The molecule has 8 heteroatoms. The molecule has 0 bridgehead atoms. The number of Topliss-reactive ketones (excluding diaryl/α,β-unsaturated/α-hetero) is 1. The number of hydrogen-bond acceptors (Lipinski definition) is 7. The molecular weight excluding hydrogens is 332 g/mol. The second kappa shape index (κ2) is 6.93. The molecule has 1 N–H and O–H groups in total. The number of ketones is 1. The van der Waals surface area contributed by atoms with E-state index in [9.17, 15) is 9.90 Å². The van der Waals surface area contributed by atoms with Crippen molar-refractivity contribution in [3.05, 3.63) is 46.2 Å². The molecule has 118 valence electrons. The van der Waals surface area contributed by atoms with Gasteiger partial charge in [0.15, 0.2) is 5.78 Å². The molecule has 6 nitrogen and oxygen atoms in total. The van der Waals surface area contributed by atoms with Crippen LogP contribution >= 0.6 is 23.1 Å². The predicted molar refractivity (Wildman–Crippen MR) is 89.6 cm³/mol. The minimum atomic E-state index is 0.0694. The van der Waals surface area contributed by atoms with Crippen LogP contribution in [0.3, 0.4) is 0 Å². The largest absolute Gasteiger partial charge is 0.508 e. The van der Waals surface area contributed by atoms with Gasteiger partial charge in [0.1, 0.15) is 5.75 Å². The molecule has 0 fully saturated rings. The van der Waals surface area contributed by atoms with Gasteiger partial charge in [-0.15, -0.1) is 16.4 Å². The second-order valence-electron chi connectivity index (χ2n) is 4.72. The number of aromatic hydroxyl groups is 1. The average Bonchev–Trinajstić information content (AvgIpc) is 3.22. The molecule has 3 aromatic rings. The Balaban J connectivity index is 1.70. The monoisotopic (exact) mass is 346 g/mol. The molecule has 0 radical (unpaired) electrons. The normalized spacial score (nSPS) is 10.8. The van der Waals surface area contributed by atoms with E-state index in [1.165, 1.54) is 28.0 Å². The Hall–Kier alpha value is -2.19. The number of thiophene rings is 1. The van der Waals surface area contributed by atoms with Gasteiger partial charge in [-0.3, -0.25) is 4.79 Å². The lowest BCUT2D eigenvalue weighted by Crippen LogP contribution is -2.03. The van der Waals surface area contributed by atoms with E-state index < -0.39 is 0 Å². The van der Waals surface area contributed by atoms with Crippen LogP contribution in [0, 0.1) is 0 Å². The summed E-state index contributed by atoms with van der Waals surface area (Å²) in [5.41, 5.74) is 0.729. The van der Waals surface area contributed by atoms with Crippen molar-refractivity contribution < 1.29 is 9.90 Å². The fraction of sp³-hybridized carbons (Fsp3) is 0.200. The Bertz CT molecular complexity index is 811. The topological polar surface area (TPSA) is 80.9 Å². The van der Waals surface area contributed by atoms with Crippen LogP contribution in [0.15, 0.2) is 41.6 Å². The van der Waals surface area contributed by atoms with Gasteiger partial charge < -0.3 is 5.11 Å². The fourth-order valence-corrected chi connectivity index (χ4v) is 3.69. The summed E-state index contributed by atoms with van der Waals surface area (Å²) < 4.78 is 1.54. The molecule has 23 heavy (non-hydrogen) atoms. The van der Waals surface area contributed by atoms with E-state index in [4.69, 9.17) is 0 Å². The lowest BCUT2D eigenvalue weighted by Gasteiger charge is -2.03. The van der Waals surface area contributed by atoms with Crippen molar-refractivity contribution in [1.82, 2.24) is 20.2 Å². The summed E-state index contributed by atoms with van der Waals surface area (Å²) >= 11 is 2.83. The first kappa shape index (κ1) is 15.7. The molecule has 0 unspecified atom stereocenters. The number of carbonyl (C=O) groups excluding carboxylic acids is 1. The summed E-state index contributed by atoms with van der Waals surface area (Å²) in [6.07, 6.45) is 0.935. The number of hydrogen-bond donors (Lipinski definition) is 1. The van der Waals surface area contributed by atoms with Crippen molar-refractivity contribution in [3.63, 3.8) is 0 Å². The van der Waals surface area contributed by atoms with E-state index >= 15 is 0 Å². The minimum absolute atomic E-state index is 0.0694. The van der Waals surface area contributed by atoms with Crippen LogP contribution in [-0.2, 0) is 6.42 Å². The van der Waals surface area contributed by atoms with Gasteiger partial charge in [-0.2, -0.15) is 4.68 Å². The Kier molecular flexibility index (Phi) is 4.73. The first-order valence-corrected chi connectivity index (χ1v) is 8.80. The highest BCUT2D eigenvalue weighted by atomic mass is 32.2. The van der Waals surface area contributed by atoms with E-state index in [2.05, 4.69) is 22.4 Å². The van der Waals surface area contributed by atoms with Crippen LogP contribution in [0.1, 0.15) is 21.5 Å². The summed E-state index contributed by atoms with van der Waals surface area (Å²) in [7, 11) is 0. The van der Waals surface area contributed by atoms with Crippen LogP contribution in [0.2, 0.25) is 0 Å². The summed E-state index contributed by atoms with van der Waals surface area (Å²) in [6, 6.07) is 10.4. The van der Waals surface area contributed by atoms with Gasteiger partial charge in [0, 0.05) is 4.88 Å². The fourth-order valence-electron chi connectivity index (χ4n) is 1.94. The van der Waals surface area contributed by atoms with Crippen LogP contribution < -0.4 is 0 Å². The highest BCUT2D eigenvalue weighted by Gasteiger charge is 2.14. The molecule has 0 saturated heterocycles. The molecular formula is C15H14N4O2S2. The van der Waals surface area contributed by atoms with Gasteiger partial charge in [-0.1, -0.05) is 18.7 Å². The van der Waals surface area contributed by atoms with Gasteiger partial charge in [0.05, 0.1) is 16.3 Å². The number of benzene rings is 1. The van der Waals surface area contributed by atoms with Crippen LogP contribution in [0.5, 0.6) is 5.75 Å². The second-order valence-corrected chi connectivity index (χ2v) is 6.83. The number of phenols is 1. The number of thioether (sulfide) groups is 1. The van der Waals surface area contributed by atoms with Crippen LogP contribution in [0.25, 0.3) is 5.69 Å². The van der Waals surface area contributed by atoms with Gasteiger partial charge >= 0.3 is 0 Å². The summed E-state index contributed by atoms with van der Waals surface area (Å²) in [6.45, 7) is 2.07. The van der Waals surface area contributed by atoms with Crippen molar-refractivity contribution in [3.8, 4) is 11.4 Å². The number of carbonyl (C=O) groups is 1. The van der Waals surface area contributed by atoms with E-state index in [-0.39, 0.29) is 17.3 Å². The molecule has 2 aromatic heterocycles. The van der Waals surface area contributed by atoms with E-state index in [1.54, 1.807) is 28.9 Å². The molecule has 3 rings (SSSR count). The van der Waals surface area contributed by atoms with Crippen LogP contribution in [0.4, 0.5) is 0 Å². The Labute approximate surface area is 141 Å². The van der Waals surface area contributed by atoms with Crippen molar-refractivity contribution in [2.75, 3.05) is 5.75 Å². The molecule has 0 atom stereocenters. The standard InChI is InChI=1S/C15H14N4O2S2/c1-2-12-7-8-14(23-12)13(21)9-22-15-16-17-18-19(15)10-3-5-11(20)6-4-10/h3-8,20H,2,9H2,1H3. The SMILES string of the molecule is CCc1ccc(C(=O)CSc2nnnn2-c2ccc(O)cc2)s1. The minimum Gasteiger partial charge on any atom is -0.508 e. The molecule has 0 spiro atoms. The Morgan fingerprint density at radius 1 is 1.26 bits per heavy atom. The van der Waals surface area contributed by atoms with E-state index in [0.717, 1.165) is 17.0 Å². The van der Waals surface area contributed by atoms with Crippen molar-refractivity contribution >= 4 is 28.9 Å². The number of aromatic nitrogens is 4. The Morgan fingerprint density at radius 3 is 2.74 bits per heavy atom. The zero-order valence-electron chi connectivity index (χ0n) is 12.3. The number of tetrazole rings is 1. The molecule has 1 aromatic carbocycles. The molecule has 0 saturated carbocycles. The zero-order chi connectivity index (χ0) is 16.2. The quantitative estimate of drug-likeness (QED) is 0.546. The molecule has 0 aliphatic rings. The summed E-state index contributed by atoms with van der Waals surface area (Å²) in [4.78, 5) is 14.2. The van der Waals surface area contributed by atoms with Gasteiger partial charge in [-0.25, -0.2) is 0 Å². The third-order valence-corrected chi connectivity index (χ3v) is 5.34. The van der Waals surface area contributed by atoms with E-state index in [0.29, 0.717) is 5.16 Å². The number of phenolic OH excluding ortho intramolecular Hbond substituents is 1. The molecule has 0 amide bonds. The zero-order valence-corrected chi connectivity index (χ0v) is 14.0.